The SMILES string of the molecule is Cc1ccc(Oc2c(C)cc(Nc3ncnc4ccc(-n5cc(CCO)c(C(=O)NCCN6CCCCC6)c5)cc34)cc2Cl)cn1. The molecular weight excluding hydrogens is 602 g/mol. The van der Waals surface area contributed by atoms with Crippen LogP contribution in [0.15, 0.2) is 67.4 Å². The molecule has 0 unspecified atom stereocenters. The molecular formula is C35H38ClN7O3. The molecule has 0 saturated carbocycles. The Morgan fingerprint density at radius 2 is 1.87 bits per heavy atom. The van der Waals surface area contributed by atoms with E-state index in [0.717, 1.165) is 58.7 Å². The molecule has 6 rings (SSSR count). The number of aromatic nitrogens is 4. The zero-order valence-corrected chi connectivity index (χ0v) is 26.8. The topological polar surface area (TPSA) is 117 Å². The number of fused-ring (bicyclic) bond motifs is 1. The Bertz CT molecular complexity index is 1810. The third kappa shape index (κ3) is 7.31. The summed E-state index contributed by atoms with van der Waals surface area (Å²) in [5.74, 6) is 1.64. The van der Waals surface area contributed by atoms with E-state index in [1.807, 2.05) is 67.2 Å². The minimum Gasteiger partial charge on any atom is -0.454 e. The first kappa shape index (κ1) is 31.5. The maximum absolute atomic E-state index is 13.2. The molecule has 0 spiro atoms. The van der Waals surface area contributed by atoms with Gasteiger partial charge in [-0.1, -0.05) is 18.0 Å². The second kappa shape index (κ2) is 14.3. The number of piperidine rings is 1. The molecule has 4 heterocycles. The summed E-state index contributed by atoms with van der Waals surface area (Å²) in [6.45, 7) is 7.40. The fourth-order valence-corrected chi connectivity index (χ4v) is 6.09. The molecule has 0 atom stereocenters. The zero-order valence-electron chi connectivity index (χ0n) is 26.1. The molecule has 1 saturated heterocycles. The zero-order chi connectivity index (χ0) is 32.0. The average Bonchev–Trinajstić information content (AvgIpc) is 3.48. The van der Waals surface area contributed by atoms with E-state index in [0.29, 0.717) is 40.9 Å². The Labute approximate surface area is 273 Å². The first-order valence-corrected chi connectivity index (χ1v) is 16.0. The number of amides is 1. The number of carbonyl (C=O) groups is 1. The Hall–Kier alpha value is -4.51. The fourth-order valence-electron chi connectivity index (χ4n) is 5.78. The van der Waals surface area contributed by atoms with Crippen LogP contribution in [-0.4, -0.2) is 68.2 Å². The molecule has 3 aromatic heterocycles. The number of nitrogens with one attached hydrogen (secondary N) is 2. The largest absolute Gasteiger partial charge is 0.454 e. The molecule has 2 aromatic carbocycles. The van der Waals surface area contributed by atoms with E-state index in [1.165, 1.54) is 25.6 Å². The lowest BCUT2D eigenvalue weighted by Crippen LogP contribution is -2.37. The van der Waals surface area contributed by atoms with Crippen molar-refractivity contribution in [3.8, 4) is 17.2 Å². The van der Waals surface area contributed by atoms with Crippen molar-refractivity contribution >= 4 is 39.9 Å². The molecule has 10 nitrogen and oxygen atoms in total. The number of hydrogen-bond acceptors (Lipinski definition) is 8. The summed E-state index contributed by atoms with van der Waals surface area (Å²) >= 11 is 6.67. The minimum absolute atomic E-state index is 0.0502. The molecule has 1 aliphatic rings. The Morgan fingerprint density at radius 3 is 2.63 bits per heavy atom. The van der Waals surface area contributed by atoms with Crippen LogP contribution in [0.3, 0.4) is 0 Å². The number of likely N-dealkylation sites (tertiary alicyclic amines) is 1. The number of aryl methyl sites for hydroxylation is 2. The second-order valence-corrected chi connectivity index (χ2v) is 12.0. The van der Waals surface area contributed by atoms with E-state index in [4.69, 9.17) is 16.3 Å². The summed E-state index contributed by atoms with van der Waals surface area (Å²) < 4.78 is 7.94. The highest BCUT2D eigenvalue weighted by Gasteiger charge is 2.17. The number of anilines is 2. The highest BCUT2D eigenvalue weighted by molar-refractivity contribution is 6.32. The van der Waals surface area contributed by atoms with Gasteiger partial charge in [0.15, 0.2) is 0 Å². The number of aliphatic hydroxyl groups excluding tert-OH is 1. The van der Waals surface area contributed by atoms with E-state index in [9.17, 15) is 9.90 Å². The maximum atomic E-state index is 13.2. The van der Waals surface area contributed by atoms with Gasteiger partial charge in [0.05, 0.1) is 22.3 Å². The van der Waals surface area contributed by atoms with E-state index in [2.05, 4.69) is 30.5 Å². The summed E-state index contributed by atoms with van der Waals surface area (Å²) in [6, 6.07) is 13.3. The molecule has 5 aromatic rings. The van der Waals surface area contributed by atoms with Gasteiger partial charge >= 0.3 is 0 Å². The fraction of sp³-hybridized carbons (Fsp3) is 0.314. The van der Waals surface area contributed by atoms with E-state index in [1.54, 1.807) is 12.3 Å². The van der Waals surface area contributed by atoms with Crippen LogP contribution in [0.2, 0.25) is 5.02 Å². The molecule has 0 radical (unpaired) electrons. The van der Waals surface area contributed by atoms with Gasteiger partial charge < -0.3 is 29.9 Å². The highest BCUT2D eigenvalue weighted by Crippen LogP contribution is 2.36. The van der Waals surface area contributed by atoms with Crippen LogP contribution in [0.1, 0.15) is 46.4 Å². The summed E-state index contributed by atoms with van der Waals surface area (Å²) in [4.78, 5) is 28.9. The summed E-state index contributed by atoms with van der Waals surface area (Å²) in [5, 5.41) is 17.4. The van der Waals surface area contributed by atoms with Crippen molar-refractivity contribution in [3.63, 3.8) is 0 Å². The van der Waals surface area contributed by atoms with Crippen LogP contribution in [0, 0.1) is 13.8 Å². The molecule has 11 heteroatoms. The van der Waals surface area contributed by atoms with Crippen molar-refractivity contribution in [2.75, 3.05) is 38.1 Å². The molecule has 46 heavy (non-hydrogen) atoms. The first-order chi connectivity index (χ1) is 22.4. The number of benzene rings is 2. The summed E-state index contributed by atoms with van der Waals surface area (Å²) in [7, 11) is 0. The highest BCUT2D eigenvalue weighted by atomic mass is 35.5. The number of rotatable bonds is 11. The van der Waals surface area contributed by atoms with Gasteiger partial charge in [0.2, 0.25) is 0 Å². The van der Waals surface area contributed by atoms with Crippen LogP contribution in [0.4, 0.5) is 11.5 Å². The molecule has 238 valence electrons. The smallest absolute Gasteiger partial charge is 0.253 e. The minimum atomic E-state index is -0.135. The van der Waals surface area contributed by atoms with Crippen LogP contribution < -0.4 is 15.4 Å². The van der Waals surface area contributed by atoms with Crippen LogP contribution in [0.5, 0.6) is 11.5 Å². The normalized spacial score (nSPS) is 13.6. The quantitative estimate of drug-likeness (QED) is 0.153. The van der Waals surface area contributed by atoms with Crippen molar-refractivity contribution < 1.29 is 14.6 Å². The monoisotopic (exact) mass is 639 g/mol. The van der Waals surface area contributed by atoms with E-state index in [-0.39, 0.29) is 12.5 Å². The number of pyridine rings is 1. The molecule has 1 amide bonds. The van der Waals surface area contributed by atoms with Crippen molar-refractivity contribution in [1.82, 2.24) is 29.7 Å². The standard InChI is InChI=1S/C35H38ClN7O3/c1-23-16-26(17-31(36)33(23)46-28-8-6-24(2)38-19-28)41-34-29-18-27(7-9-32(29)39-22-40-34)43-20-25(10-15-44)30(21-43)35(45)37-11-14-42-12-4-3-5-13-42/h6-9,16-22,44H,3-5,10-15H2,1-2H3,(H,37,45)(H,39,40,41). The van der Waals surface area contributed by atoms with Crippen molar-refractivity contribution in [1.29, 1.82) is 0 Å². The predicted molar refractivity (Wildman–Crippen MR) is 181 cm³/mol. The number of ether oxygens (including phenoxy) is 1. The van der Waals surface area contributed by atoms with E-state index < -0.39 is 0 Å². The third-order valence-corrected chi connectivity index (χ3v) is 8.49. The van der Waals surface area contributed by atoms with Crippen LogP contribution in [-0.2, 0) is 6.42 Å². The van der Waals surface area contributed by atoms with Crippen molar-refractivity contribution in [2.45, 2.75) is 39.5 Å². The Kier molecular flexibility index (Phi) is 9.77. The summed E-state index contributed by atoms with van der Waals surface area (Å²) in [5.41, 5.74) is 5.44. The van der Waals surface area contributed by atoms with Gasteiger partial charge in [-0.3, -0.25) is 9.78 Å². The lowest BCUT2D eigenvalue weighted by atomic mass is 10.1. The third-order valence-electron chi connectivity index (χ3n) is 8.21. The van der Waals surface area contributed by atoms with Gasteiger partial charge in [0.25, 0.3) is 5.91 Å². The summed E-state index contributed by atoms with van der Waals surface area (Å²) in [6.07, 6.45) is 11.0. The van der Waals surface area contributed by atoms with Crippen molar-refractivity contribution in [2.24, 2.45) is 0 Å². The predicted octanol–water partition coefficient (Wildman–Crippen LogP) is 6.37. The molecule has 0 aliphatic carbocycles. The van der Waals surface area contributed by atoms with Gasteiger partial charge in [-0.05, 0) is 99.8 Å². The Morgan fingerprint density at radius 1 is 1.02 bits per heavy atom. The molecule has 0 bridgehead atoms. The lowest BCUT2D eigenvalue weighted by Gasteiger charge is -2.26. The van der Waals surface area contributed by atoms with Gasteiger partial charge in [0.1, 0.15) is 23.6 Å². The second-order valence-electron chi connectivity index (χ2n) is 11.6. The van der Waals surface area contributed by atoms with Gasteiger partial charge in [-0.25, -0.2) is 9.97 Å². The maximum Gasteiger partial charge on any atom is 0.253 e. The molecule has 3 N–H and O–H groups in total. The molecule has 1 fully saturated rings. The van der Waals surface area contributed by atoms with Crippen molar-refractivity contribution in [3.05, 3.63) is 94.8 Å². The van der Waals surface area contributed by atoms with Crippen LogP contribution in [0.25, 0.3) is 16.6 Å². The van der Waals surface area contributed by atoms with Gasteiger partial charge in [0, 0.05) is 54.5 Å². The Balaban J connectivity index is 1.22. The average molecular weight is 640 g/mol. The number of nitrogens with zero attached hydrogens (tertiary/aromatic N) is 5. The van der Waals surface area contributed by atoms with Crippen LogP contribution >= 0.6 is 11.6 Å². The molecule has 1 aliphatic heterocycles. The lowest BCUT2D eigenvalue weighted by molar-refractivity contribution is 0.0945. The first-order valence-electron chi connectivity index (χ1n) is 15.6. The number of hydrogen-bond donors (Lipinski definition) is 3. The number of carbonyl (C=O) groups excluding carboxylic acids is 1. The number of aliphatic hydroxyl groups is 1. The van der Waals surface area contributed by atoms with Gasteiger partial charge in [-0.2, -0.15) is 0 Å². The van der Waals surface area contributed by atoms with E-state index >= 15 is 0 Å². The number of halogens is 1. The van der Waals surface area contributed by atoms with Gasteiger partial charge in [-0.15, -0.1) is 0 Å².